The molecule has 1 unspecified atom stereocenters. The molecule has 0 saturated carbocycles. The van der Waals surface area contributed by atoms with Crippen molar-refractivity contribution in [3.8, 4) is 0 Å². The van der Waals surface area contributed by atoms with Crippen molar-refractivity contribution >= 4 is 5.78 Å². The highest BCUT2D eigenvalue weighted by atomic mass is 16.8. The molecular formula is C13H24O3. The van der Waals surface area contributed by atoms with Gasteiger partial charge in [0.15, 0.2) is 5.79 Å². The molecule has 16 heavy (non-hydrogen) atoms. The van der Waals surface area contributed by atoms with E-state index in [0.29, 0.717) is 6.42 Å². The van der Waals surface area contributed by atoms with Gasteiger partial charge in [0.05, 0.1) is 11.7 Å². The zero-order chi connectivity index (χ0) is 12.8. The second-order valence-electron chi connectivity index (χ2n) is 6.36. The fourth-order valence-electron chi connectivity index (χ4n) is 2.10. The summed E-state index contributed by atoms with van der Waals surface area (Å²) in [5.41, 5.74) is -0.693. The van der Waals surface area contributed by atoms with E-state index in [1.54, 1.807) is 6.92 Å². The van der Waals surface area contributed by atoms with E-state index in [2.05, 4.69) is 0 Å². The van der Waals surface area contributed by atoms with Crippen molar-refractivity contribution in [3.63, 3.8) is 0 Å². The number of hydrogen-bond donors (Lipinski definition) is 0. The van der Waals surface area contributed by atoms with Crippen molar-refractivity contribution in [2.24, 2.45) is 5.41 Å². The Labute approximate surface area is 98.5 Å². The van der Waals surface area contributed by atoms with Gasteiger partial charge in [-0.15, -0.1) is 0 Å². The number of ketones is 1. The highest BCUT2D eigenvalue weighted by Crippen LogP contribution is 2.41. The van der Waals surface area contributed by atoms with Crippen molar-refractivity contribution in [1.29, 1.82) is 0 Å². The molecular weight excluding hydrogens is 204 g/mol. The molecule has 1 aliphatic rings. The van der Waals surface area contributed by atoms with Gasteiger partial charge in [-0.2, -0.15) is 0 Å². The Morgan fingerprint density at radius 3 is 2.06 bits per heavy atom. The molecule has 1 atom stereocenters. The monoisotopic (exact) mass is 228 g/mol. The Kier molecular flexibility index (Phi) is 3.25. The third-order valence-corrected chi connectivity index (χ3v) is 3.36. The second kappa shape index (κ2) is 3.81. The van der Waals surface area contributed by atoms with Gasteiger partial charge in [-0.1, -0.05) is 13.8 Å². The maximum Gasteiger partial charge on any atom is 0.164 e. The Morgan fingerprint density at radius 2 is 1.75 bits per heavy atom. The molecule has 1 fully saturated rings. The van der Waals surface area contributed by atoms with Crippen LogP contribution in [0, 0.1) is 5.41 Å². The predicted octanol–water partition coefficient (Wildman–Crippen LogP) is 2.92. The largest absolute Gasteiger partial charge is 0.344 e. The number of carbonyl (C=O) groups excluding carboxylic acids is 1. The van der Waals surface area contributed by atoms with Gasteiger partial charge in [-0.3, -0.25) is 4.79 Å². The molecule has 3 heteroatoms. The summed E-state index contributed by atoms with van der Waals surface area (Å²) < 4.78 is 11.7. The van der Waals surface area contributed by atoms with Crippen molar-refractivity contribution in [2.75, 3.05) is 0 Å². The molecule has 3 nitrogen and oxygen atoms in total. The summed E-state index contributed by atoms with van der Waals surface area (Å²) in [6.45, 7) is 13.4. The summed E-state index contributed by atoms with van der Waals surface area (Å²) in [4.78, 5) is 11.5. The normalized spacial score (nSPS) is 28.1. The average Bonchev–Trinajstić information content (AvgIpc) is 2.17. The van der Waals surface area contributed by atoms with Crippen molar-refractivity contribution < 1.29 is 14.3 Å². The Balaban J connectivity index is 2.79. The fraction of sp³-hybridized carbons (Fsp3) is 0.923. The molecule has 0 bridgehead atoms. The Morgan fingerprint density at radius 1 is 1.25 bits per heavy atom. The maximum absolute atomic E-state index is 11.5. The van der Waals surface area contributed by atoms with Gasteiger partial charge in [-0.25, -0.2) is 0 Å². The first-order valence-corrected chi connectivity index (χ1v) is 5.85. The molecule has 0 spiro atoms. The molecule has 1 saturated heterocycles. The number of carbonyl (C=O) groups is 1. The molecule has 0 aliphatic carbocycles. The van der Waals surface area contributed by atoms with E-state index < -0.39 is 5.79 Å². The summed E-state index contributed by atoms with van der Waals surface area (Å²) in [5.74, 6) is -0.363. The van der Waals surface area contributed by atoms with Crippen molar-refractivity contribution in [1.82, 2.24) is 0 Å². The molecule has 1 aliphatic heterocycles. The zero-order valence-corrected chi connectivity index (χ0v) is 11.5. The van der Waals surface area contributed by atoms with Crippen LogP contribution in [0.25, 0.3) is 0 Å². The first-order valence-electron chi connectivity index (χ1n) is 5.85. The number of ether oxygens (including phenoxy) is 2. The molecule has 0 radical (unpaired) electrons. The van der Waals surface area contributed by atoms with E-state index in [1.165, 1.54) is 0 Å². The molecule has 94 valence electrons. The zero-order valence-electron chi connectivity index (χ0n) is 11.5. The lowest BCUT2D eigenvalue weighted by Crippen LogP contribution is -2.38. The Bertz CT molecular complexity index is 290. The van der Waals surface area contributed by atoms with Gasteiger partial charge in [-0.05, 0) is 41.0 Å². The lowest BCUT2D eigenvalue weighted by atomic mass is 9.79. The molecule has 1 rings (SSSR count). The van der Waals surface area contributed by atoms with Crippen LogP contribution in [0.1, 0.15) is 54.9 Å². The van der Waals surface area contributed by atoms with Gasteiger partial charge in [0.1, 0.15) is 5.78 Å². The summed E-state index contributed by atoms with van der Waals surface area (Å²) in [6, 6.07) is 0. The molecule has 0 aromatic heterocycles. The number of rotatable bonds is 3. The fourth-order valence-corrected chi connectivity index (χ4v) is 2.10. The summed E-state index contributed by atoms with van der Waals surface area (Å²) in [5, 5.41) is 0. The molecule has 0 amide bonds. The first kappa shape index (κ1) is 13.7. The van der Waals surface area contributed by atoms with Crippen LogP contribution in [0.5, 0.6) is 0 Å². The van der Waals surface area contributed by atoms with Crippen LogP contribution < -0.4 is 0 Å². The summed E-state index contributed by atoms with van der Waals surface area (Å²) in [6.07, 6.45) is 0.653. The van der Waals surface area contributed by atoms with Gasteiger partial charge in [0, 0.05) is 5.41 Å². The van der Waals surface area contributed by atoms with Gasteiger partial charge < -0.3 is 9.47 Å². The maximum atomic E-state index is 11.5. The quantitative estimate of drug-likeness (QED) is 0.745. The average molecular weight is 228 g/mol. The smallest absolute Gasteiger partial charge is 0.164 e. The molecule has 0 aromatic carbocycles. The topological polar surface area (TPSA) is 35.5 Å². The third-order valence-electron chi connectivity index (χ3n) is 3.36. The van der Waals surface area contributed by atoms with Crippen LogP contribution in [0.3, 0.4) is 0 Å². The SMILES string of the molecule is CC(=O)C(C)(C)CC1OC(C)(C)OC1(C)C. The summed E-state index contributed by atoms with van der Waals surface area (Å²) >= 11 is 0. The number of Topliss-reactive ketones (excluding diaryl/α,β-unsaturated/α-hetero) is 1. The van der Waals surface area contributed by atoms with Crippen molar-refractivity contribution in [2.45, 2.75) is 72.4 Å². The van der Waals surface area contributed by atoms with Crippen LogP contribution >= 0.6 is 0 Å². The highest BCUT2D eigenvalue weighted by molar-refractivity contribution is 5.81. The minimum atomic E-state index is -0.555. The Hall–Kier alpha value is -0.410. The molecule has 0 aromatic rings. The third kappa shape index (κ3) is 2.83. The van der Waals surface area contributed by atoms with Crippen LogP contribution in [-0.4, -0.2) is 23.3 Å². The number of hydrogen-bond acceptors (Lipinski definition) is 3. The summed E-state index contributed by atoms with van der Waals surface area (Å²) in [7, 11) is 0. The van der Waals surface area contributed by atoms with E-state index in [4.69, 9.17) is 9.47 Å². The first-order chi connectivity index (χ1) is 6.96. The van der Waals surface area contributed by atoms with Crippen LogP contribution in [0.15, 0.2) is 0 Å². The standard InChI is InChI=1S/C13H24O3/c1-9(14)11(2,3)8-10-12(4,5)16-13(6,7)15-10/h10H,8H2,1-7H3. The van der Waals surface area contributed by atoms with E-state index in [1.807, 2.05) is 41.5 Å². The minimum absolute atomic E-state index is 0.0404. The van der Waals surface area contributed by atoms with E-state index >= 15 is 0 Å². The van der Waals surface area contributed by atoms with Crippen molar-refractivity contribution in [3.05, 3.63) is 0 Å². The lowest BCUT2D eigenvalue weighted by Gasteiger charge is -2.30. The van der Waals surface area contributed by atoms with Crippen LogP contribution in [0.4, 0.5) is 0 Å². The van der Waals surface area contributed by atoms with Gasteiger partial charge in [0.2, 0.25) is 0 Å². The lowest BCUT2D eigenvalue weighted by molar-refractivity contribution is -0.159. The molecule has 0 N–H and O–H groups in total. The highest BCUT2D eigenvalue weighted by Gasteiger charge is 2.49. The van der Waals surface area contributed by atoms with Gasteiger partial charge in [0.25, 0.3) is 0 Å². The van der Waals surface area contributed by atoms with E-state index in [-0.39, 0.29) is 22.9 Å². The van der Waals surface area contributed by atoms with Crippen LogP contribution in [-0.2, 0) is 14.3 Å². The van der Waals surface area contributed by atoms with E-state index in [0.717, 1.165) is 0 Å². The predicted molar refractivity (Wildman–Crippen MR) is 63.2 cm³/mol. The van der Waals surface area contributed by atoms with Gasteiger partial charge >= 0.3 is 0 Å². The molecule has 1 heterocycles. The second-order valence-corrected chi connectivity index (χ2v) is 6.36. The minimum Gasteiger partial charge on any atom is -0.344 e. The van der Waals surface area contributed by atoms with E-state index in [9.17, 15) is 4.79 Å². The van der Waals surface area contributed by atoms with Crippen LogP contribution in [0.2, 0.25) is 0 Å².